The maximum absolute atomic E-state index is 12.9. The molecule has 0 saturated carbocycles. The Labute approximate surface area is 273 Å². The molecule has 226 valence electrons. The number of carbonyl (C=O) groups is 1. The van der Waals surface area contributed by atoms with E-state index in [0.29, 0.717) is 13.2 Å². The number of nitrogens with zero attached hydrogens (tertiary/aromatic N) is 2. The van der Waals surface area contributed by atoms with Crippen LogP contribution in [-0.4, -0.2) is 63.4 Å². The van der Waals surface area contributed by atoms with Gasteiger partial charge in [-0.2, -0.15) is 0 Å². The van der Waals surface area contributed by atoms with Gasteiger partial charge in [0.25, 0.3) is 14.2 Å². The number of hydrogen-bond acceptors (Lipinski definition) is 9. The van der Waals surface area contributed by atoms with E-state index in [1.807, 2.05) is 5.41 Å². The van der Waals surface area contributed by atoms with Crippen molar-refractivity contribution < 1.29 is 9.22 Å². The Balaban J connectivity index is 1.11. The van der Waals surface area contributed by atoms with E-state index < -0.39 is 8.32 Å². The van der Waals surface area contributed by atoms with Gasteiger partial charge in [-0.25, -0.2) is 4.99 Å². The zero-order chi connectivity index (χ0) is 29.9. The molecule has 0 bridgehead atoms. The molecule has 0 aromatic heterocycles. The SMILES string of the molecule is CC(C)(C)[Si](OC[C@H]1CCN2CC[C@H](CNC(=O)C3=CSC(=C4SC=CS4)S3)NC2=N1)(c1ccccc1)c1ccccc1. The van der Waals surface area contributed by atoms with Gasteiger partial charge >= 0.3 is 0 Å². The predicted molar refractivity (Wildman–Crippen MR) is 190 cm³/mol. The number of amides is 1. The topological polar surface area (TPSA) is 66.0 Å². The first-order valence-electron chi connectivity index (χ1n) is 14.7. The monoisotopic (exact) mass is 666 g/mol. The Morgan fingerprint density at radius 2 is 1.63 bits per heavy atom. The third kappa shape index (κ3) is 6.82. The molecule has 1 saturated heterocycles. The van der Waals surface area contributed by atoms with Gasteiger partial charge in [-0.15, -0.1) is 0 Å². The van der Waals surface area contributed by atoms with E-state index in [1.54, 1.807) is 47.0 Å². The first-order chi connectivity index (χ1) is 20.8. The lowest BCUT2D eigenvalue weighted by atomic mass is 10.1. The van der Waals surface area contributed by atoms with Crippen LogP contribution in [0.25, 0.3) is 0 Å². The molecule has 0 aliphatic carbocycles. The maximum atomic E-state index is 12.9. The van der Waals surface area contributed by atoms with E-state index >= 15 is 0 Å². The highest BCUT2D eigenvalue weighted by Gasteiger charge is 2.50. The second-order valence-corrected chi connectivity index (χ2v) is 20.6. The largest absolute Gasteiger partial charge is 0.405 e. The second-order valence-electron chi connectivity index (χ2n) is 12.0. The smallest absolute Gasteiger partial charge is 0.261 e. The van der Waals surface area contributed by atoms with Crippen molar-refractivity contribution in [3.8, 4) is 0 Å². The zero-order valence-electron chi connectivity index (χ0n) is 24.7. The number of fused-ring (bicyclic) bond motifs is 1. The van der Waals surface area contributed by atoms with Crippen molar-refractivity contribution >= 4 is 77.6 Å². The number of hydrogen-bond donors (Lipinski definition) is 2. The average molecular weight is 667 g/mol. The number of aliphatic imine (C=N–C) groups is 1. The first kappa shape index (κ1) is 31.0. The van der Waals surface area contributed by atoms with Gasteiger partial charge in [-0.1, -0.05) is 128 Å². The van der Waals surface area contributed by atoms with E-state index in [1.165, 1.54) is 18.8 Å². The summed E-state index contributed by atoms with van der Waals surface area (Å²) in [4.78, 5) is 21.2. The summed E-state index contributed by atoms with van der Waals surface area (Å²) < 4.78 is 9.65. The van der Waals surface area contributed by atoms with Crippen molar-refractivity contribution in [2.45, 2.75) is 50.7 Å². The Morgan fingerprint density at radius 1 is 0.977 bits per heavy atom. The van der Waals surface area contributed by atoms with Crippen molar-refractivity contribution in [1.29, 1.82) is 0 Å². The van der Waals surface area contributed by atoms with E-state index in [0.717, 1.165) is 36.8 Å². The van der Waals surface area contributed by atoms with E-state index in [9.17, 15) is 4.79 Å². The number of thioether (sulfide) groups is 4. The molecule has 1 amide bonds. The molecule has 0 unspecified atom stereocenters. The third-order valence-electron chi connectivity index (χ3n) is 8.11. The maximum Gasteiger partial charge on any atom is 0.261 e. The number of nitrogens with one attached hydrogen (secondary N) is 2. The minimum atomic E-state index is -2.61. The van der Waals surface area contributed by atoms with Crippen LogP contribution in [0.1, 0.15) is 33.6 Å². The van der Waals surface area contributed by atoms with Gasteiger partial charge in [0.2, 0.25) is 0 Å². The zero-order valence-corrected chi connectivity index (χ0v) is 29.0. The molecule has 1 fully saturated rings. The lowest BCUT2D eigenvalue weighted by molar-refractivity contribution is -0.116. The Morgan fingerprint density at radius 3 is 2.28 bits per heavy atom. The highest BCUT2D eigenvalue weighted by atomic mass is 32.2. The lowest BCUT2D eigenvalue weighted by Crippen LogP contribution is -2.67. The average Bonchev–Trinajstić information content (AvgIpc) is 3.74. The molecule has 4 aliphatic rings. The molecule has 0 radical (unpaired) electrons. The molecule has 6 nitrogen and oxygen atoms in total. The summed E-state index contributed by atoms with van der Waals surface area (Å²) in [5, 5.41) is 15.5. The highest BCUT2D eigenvalue weighted by molar-refractivity contribution is 8.33. The van der Waals surface area contributed by atoms with Crippen LogP contribution in [0.15, 0.2) is 95.3 Å². The van der Waals surface area contributed by atoms with Crippen LogP contribution in [-0.2, 0) is 9.22 Å². The Bertz CT molecular complexity index is 1390. The lowest BCUT2D eigenvalue weighted by Gasteiger charge is -2.44. The van der Waals surface area contributed by atoms with Gasteiger partial charge in [0.1, 0.15) is 0 Å². The van der Waals surface area contributed by atoms with Crippen LogP contribution >= 0.6 is 47.0 Å². The van der Waals surface area contributed by atoms with Crippen molar-refractivity contribution in [2.75, 3.05) is 26.2 Å². The number of benzene rings is 2. The molecule has 6 rings (SSSR count). The molecule has 2 atom stereocenters. The van der Waals surface area contributed by atoms with Crippen LogP contribution < -0.4 is 21.0 Å². The number of guanidine groups is 1. The summed E-state index contributed by atoms with van der Waals surface area (Å²) in [6, 6.07) is 21.8. The third-order valence-corrected chi connectivity index (χ3v) is 18.1. The van der Waals surface area contributed by atoms with Crippen molar-refractivity contribution in [3.05, 3.63) is 90.3 Å². The number of rotatable bonds is 8. The van der Waals surface area contributed by atoms with E-state index in [2.05, 4.69) is 108 Å². The molecule has 2 aromatic rings. The van der Waals surface area contributed by atoms with Crippen LogP contribution in [0.2, 0.25) is 5.04 Å². The summed E-state index contributed by atoms with van der Waals surface area (Å²) in [6.45, 7) is 10.0. The summed E-state index contributed by atoms with van der Waals surface area (Å²) in [7, 11) is -2.61. The Hall–Kier alpha value is -2.02. The summed E-state index contributed by atoms with van der Waals surface area (Å²) in [5.41, 5.74) is 0. The predicted octanol–water partition coefficient (Wildman–Crippen LogP) is 5.87. The molecule has 0 spiro atoms. The fourth-order valence-corrected chi connectivity index (χ4v) is 14.9. The summed E-state index contributed by atoms with van der Waals surface area (Å²) >= 11 is 6.67. The molecule has 11 heteroatoms. The quantitative estimate of drug-likeness (QED) is 0.340. The fraction of sp³-hybridized carbons (Fsp3) is 0.375. The van der Waals surface area contributed by atoms with Crippen molar-refractivity contribution in [2.24, 2.45) is 4.99 Å². The van der Waals surface area contributed by atoms with Crippen LogP contribution in [0.3, 0.4) is 0 Å². The molecule has 4 aliphatic heterocycles. The summed E-state index contributed by atoms with van der Waals surface area (Å²) in [6.07, 6.45) is 1.94. The van der Waals surface area contributed by atoms with E-state index in [4.69, 9.17) is 9.42 Å². The normalized spacial score (nSPS) is 22.2. The van der Waals surface area contributed by atoms with Crippen LogP contribution in [0, 0.1) is 0 Å². The van der Waals surface area contributed by atoms with Crippen molar-refractivity contribution in [3.63, 3.8) is 0 Å². The van der Waals surface area contributed by atoms with Gasteiger partial charge in [-0.05, 0) is 44.5 Å². The molecule has 2 N–H and O–H groups in total. The minimum Gasteiger partial charge on any atom is -0.405 e. The standard InChI is InChI=1S/C32H38N4O2S4Si/c1-32(2,3)43(25-10-6-4-7-11-25,26-12-8-5-9-13-26)38-21-24-15-17-36-16-14-23(34-31(36)35-24)20-33-28(37)27-22-41-30(42-27)29-39-18-19-40-29/h4-13,18-19,22-24H,14-17,20-21H2,1-3H3,(H,33,37)(H,34,35)/t23-,24-/m1/s1. The second kappa shape index (κ2) is 13.5. The highest BCUT2D eigenvalue weighted by Crippen LogP contribution is 2.53. The minimum absolute atomic E-state index is 0.000415. The van der Waals surface area contributed by atoms with Gasteiger partial charge in [0, 0.05) is 25.7 Å². The number of carbonyl (C=O) groups excluding carboxylic acids is 1. The Kier molecular flexibility index (Phi) is 9.75. The molecule has 2 aromatic carbocycles. The van der Waals surface area contributed by atoms with Gasteiger partial charge in [0.05, 0.1) is 26.0 Å². The van der Waals surface area contributed by atoms with Gasteiger partial charge < -0.3 is 20.0 Å². The van der Waals surface area contributed by atoms with Crippen molar-refractivity contribution in [1.82, 2.24) is 15.5 Å². The molecule has 43 heavy (non-hydrogen) atoms. The first-order valence-corrected chi connectivity index (χ1v) is 20.1. The molecule has 4 heterocycles. The van der Waals surface area contributed by atoms with E-state index in [-0.39, 0.29) is 23.0 Å². The molecular formula is C32H38N4O2S4Si. The van der Waals surface area contributed by atoms with Gasteiger partial charge in [-0.3, -0.25) is 4.79 Å². The van der Waals surface area contributed by atoms with Crippen LogP contribution in [0.4, 0.5) is 0 Å². The summed E-state index contributed by atoms with van der Waals surface area (Å²) in [5.74, 6) is 0.938. The fourth-order valence-electron chi connectivity index (χ4n) is 5.95. The van der Waals surface area contributed by atoms with Gasteiger partial charge in [0.15, 0.2) is 5.96 Å². The molecular weight excluding hydrogens is 629 g/mol. The van der Waals surface area contributed by atoms with Crippen LogP contribution in [0.5, 0.6) is 0 Å².